The van der Waals surface area contributed by atoms with Crippen molar-refractivity contribution in [2.75, 3.05) is 30.8 Å². The molecule has 1 aromatic heterocycles. The number of hydrogen-bond donors (Lipinski definition) is 2. The second-order valence-electron chi connectivity index (χ2n) is 3.35. The Morgan fingerprint density at radius 3 is 2.88 bits per heavy atom. The van der Waals surface area contributed by atoms with Gasteiger partial charge in [-0.1, -0.05) is 11.6 Å². The van der Waals surface area contributed by atoms with E-state index in [1.807, 2.05) is 13.8 Å². The Hall–Kier alpha value is -1.07. The van der Waals surface area contributed by atoms with Crippen LogP contribution in [0.5, 0.6) is 0 Å². The van der Waals surface area contributed by atoms with E-state index in [1.54, 1.807) is 13.3 Å². The Kier molecular flexibility index (Phi) is 5.28. The average molecular weight is 245 g/mol. The van der Waals surface area contributed by atoms with Gasteiger partial charge in [0.05, 0.1) is 12.3 Å². The molecule has 1 atom stereocenters. The number of halogens is 1. The van der Waals surface area contributed by atoms with Crippen molar-refractivity contribution in [2.45, 2.75) is 20.0 Å². The van der Waals surface area contributed by atoms with E-state index >= 15 is 0 Å². The van der Waals surface area contributed by atoms with Crippen LogP contribution in [0.25, 0.3) is 0 Å². The largest absolute Gasteiger partial charge is 0.380 e. The second kappa shape index (κ2) is 6.50. The zero-order valence-corrected chi connectivity index (χ0v) is 10.5. The number of methoxy groups -OCH3 is 1. The van der Waals surface area contributed by atoms with Crippen molar-refractivity contribution in [1.82, 2.24) is 9.97 Å². The van der Waals surface area contributed by atoms with Crippen molar-refractivity contribution < 1.29 is 4.74 Å². The smallest absolute Gasteiger partial charge is 0.224 e. The number of rotatable bonds is 6. The van der Waals surface area contributed by atoms with Gasteiger partial charge in [-0.2, -0.15) is 4.98 Å². The maximum atomic E-state index is 5.97. The van der Waals surface area contributed by atoms with E-state index < -0.39 is 0 Å². The van der Waals surface area contributed by atoms with Crippen LogP contribution >= 0.6 is 11.6 Å². The lowest BCUT2D eigenvalue weighted by Gasteiger charge is -2.12. The van der Waals surface area contributed by atoms with Gasteiger partial charge in [0, 0.05) is 20.2 Å². The van der Waals surface area contributed by atoms with E-state index in [-0.39, 0.29) is 6.10 Å². The summed E-state index contributed by atoms with van der Waals surface area (Å²) in [4.78, 5) is 8.30. The molecule has 0 radical (unpaired) electrons. The highest BCUT2D eigenvalue weighted by atomic mass is 35.5. The van der Waals surface area contributed by atoms with Crippen molar-refractivity contribution in [3.8, 4) is 0 Å². The van der Waals surface area contributed by atoms with Crippen molar-refractivity contribution in [2.24, 2.45) is 0 Å². The molecule has 16 heavy (non-hydrogen) atoms. The molecule has 0 aliphatic rings. The third kappa shape index (κ3) is 3.83. The SMILES string of the molecule is CCNc1ncc(Cl)c(NCC(C)OC)n1. The summed E-state index contributed by atoms with van der Waals surface area (Å²) in [6.45, 7) is 5.37. The summed E-state index contributed by atoms with van der Waals surface area (Å²) in [7, 11) is 1.66. The van der Waals surface area contributed by atoms with Gasteiger partial charge in [0.1, 0.15) is 5.02 Å². The van der Waals surface area contributed by atoms with Gasteiger partial charge >= 0.3 is 0 Å². The maximum absolute atomic E-state index is 5.97. The van der Waals surface area contributed by atoms with E-state index in [9.17, 15) is 0 Å². The predicted molar refractivity (Wildman–Crippen MR) is 66.2 cm³/mol. The molecule has 0 amide bonds. The lowest BCUT2D eigenvalue weighted by atomic mass is 10.4. The molecule has 0 aliphatic carbocycles. The molecule has 1 heterocycles. The molecule has 0 fully saturated rings. The number of hydrogen-bond acceptors (Lipinski definition) is 5. The molecule has 0 saturated carbocycles. The Morgan fingerprint density at radius 1 is 1.50 bits per heavy atom. The van der Waals surface area contributed by atoms with Gasteiger partial charge in [-0.25, -0.2) is 4.98 Å². The first kappa shape index (κ1) is 13.0. The number of ether oxygens (including phenoxy) is 1. The Labute approximate surface area is 101 Å². The van der Waals surface area contributed by atoms with E-state index in [4.69, 9.17) is 16.3 Å². The van der Waals surface area contributed by atoms with Gasteiger partial charge in [-0.15, -0.1) is 0 Å². The van der Waals surface area contributed by atoms with E-state index in [0.717, 1.165) is 6.54 Å². The fraction of sp³-hybridized carbons (Fsp3) is 0.600. The van der Waals surface area contributed by atoms with Crippen molar-refractivity contribution in [3.05, 3.63) is 11.2 Å². The monoisotopic (exact) mass is 244 g/mol. The van der Waals surface area contributed by atoms with Crippen LogP contribution in [0.3, 0.4) is 0 Å². The van der Waals surface area contributed by atoms with Crippen LogP contribution in [0, 0.1) is 0 Å². The minimum atomic E-state index is 0.105. The van der Waals surface area contributed by atoms with Crippen LogP contribution in [-0.2, 0) is 4.74 Å². The number of anilines is 2. The van der Waals surface area contributed by atoms with Gasteiger partial charge < -0.3 is 15.4 Å². The van der Waals surface area contributed by atoms with Crippen LogP contribution in [0.15, 0.2) is 6.20 Å². The topological polar surface area (TPSA) is 59.1 Å². The minimum absolute atomic E-state index is 0.105. The van der Waals surface area contributed by atoms with Crippen molar-refractivity contribution in [3.63, 3.8) is 0 Å². The van der Waals surface area contributed by atoms with E-state index in [2.05, 4.69) is 20.6 Å². The van der Waals surface area contributed by atoms with Crippen molar-refractivity contribution >= 4 is 23.4 Å². The summed E-state index contributed by atoms with van der Waals surface area (Å²) in [5.41, 5.74) is 0. The summed E-state index contributed by atoms with van der Waals surface area (Å²) in [6.07, 6.45) is 1.68. The maximum Gasteiger partial charge on any atom is 0.224 e. The number of nitrogens with zero attached hydrogens (tertiary/aromatic N) is 2. The summed E-state index contributed by atoms with van der Waals surface area (Å²) in [6, 6.07) is 0. The molecular weight excluding hydrogens is 228 g/mol. The van der Waals surface area contributed by atoms with E-state index in [0.29, 0.717) is 23.3 Å². The first-order chi connectivity index (χ1) is 7.67. The number of nitrogens with one attached hydrogen (secondary N) is 2. The average Bonchev–Trinajstić information content (AvgIpc) is 2.29. The molecule has 5 nitrogen and oxygen atoms in total. The standard InChI is InChI=1S/C10H17ClN4O/c1-4-12-10-14-6-8(11)9(15-10)13-5-7(2)16-3/h6-7H,4-5H2,1-3H3,(H2,12,13,14,15). The van der Waals surface area contributed by atoms with Gasteiger partial charge in [-0.3, -0.25) is 0 Å². The third-order valence-corrected chi connectivity index (χ3v) is 2.31. The Bertz CT molecular complexity index is 335. The normalized spacial score (nSPS) is 12.2. The molecule has 90 valence electrons. The minimum Gasteiger partial charge on any atom is -0.380 e. The van der Waals surface area contributed by atoms with Crippen LogP contribution in [0.4, 0.5) is 11.8 Å². The quantitative estimate of drug-likeness (QED) is 0.802. The molecule has 0 saturated heterocycles. The van der Waals surface area contributed by atoms with E-state index in [1.165, 1.54) is 0 Å². The van der Waals surface area contributed by atoms with Gasteiger partial charge in [0.15, 0.2) is 5.82 Å². The summed E-state index contributed by atoms with van der Waals surface area (Å²) in [5, 5.41) is 6.64. The summed E-state index contributed by atoms with van der Waals surface area (Å²) < 4.78 is 5.12. The van der Waals surface area contributed by atoms with Gasteiger partial charge in [0.2, 0.25) is 5.95 Å². The highest BCUT2D eigenvalue weighted by Gasteiger charge is 2.06. The molecule has 6 heteroatoms. The molecule has 1 aromatic rings. The van der Waals surface area contributed by atoms with Gasteiger partial charge in [0.25, 0.3) is 0 Å². The highest BCUT2D eigenvalue weighted by molar-refractivity contribution is 6.32. The van der Waals surface area contributed by atoms with Crippen molar-refractivity contribution in [1.29, 1.82) is 0 Å². The zero-order chi connectivity index (χ0) is 12.0. The molecule has 0 spiro atoms. The summed E-state index contributed by atoms with van der Waals surface area (Å²) in [5.74, 6) is 1.19. The van der Waals surface area contributed by atoms with Crippen LogP contribution in [0.2, 0.25) is 5.02 Å². The lowest BCUT2D eigenvalue weighted by Crippen LogP contribution is -2.19. The molecular formula is C10H17ClN4O. The fourth-order valence-corrected chi connectivity index (χ4v) is 1.22. The first-order valence-corrected chi connectivity index (χ1v) is 5.58. The Balaban J connectivity index is 2.66. The third-order valence-electron chi connectivity index (χ3n) is 2.04. The second-order valence-corrected chi connectivity index (χ2v) is 3.75. The highest BCUT2D eigenvalue weighted by Crippen LogP contribution is 2.19. The molecule has 2 N–H and O–H groups in total. The molecule has 1 rings (SSSR count). The number of aromatic nitrogens is 2. The van der Waals surface area contributed by atoms with Crippen LogP contribution in [0.1, 0.15) is 13.8 Å². The van der Waals surface area contributed by atoms with Gasteiger partial charge in [-0.05, 0) is 13.8 Å². The molecule has 0 aromatic carbocycles. The molecule has 1 unspecified atom stereocenters. The summed E-state index contributed by atoms with van der Waals surface area (Å²) >= 11 is 5.97. The predicted octanol–water partition coefficient (Wildman–Crippen LogP) is 2.01. The van der Waals surface area contributed by atoms with Crippen LogP contribution in [-0.4, -0.2) is 36.3 Å². The van der Waals surface area contributed by atoms with Crippen LogP contribution < -0.4 is 10.6 Å². The lowest BCUT2D eigenvalue weighted by molar-refractivity contribution is 0.128. The Morgan fingerprint density at radius 2 is 2.25 bits per heavy atom. The first-order valence-electron chi connectivity index (χ1n) is 5.20. The molecule has 0 bridgehead atoms. The zero-order valence-electron chi connectivity index (χ0n) is 9.75. The molecule has 0 aliphatic heterocycles. The fourth-order valence-electron chi connectivity index (χ4n) is 1.06.